The number of carboxylic acid groups (broad SMARTS) is 1. The minimum Gasteiger partial charge on any atom is -0.481 e. The lowest BCUT2D eigenvalue weighted by molar-refractivity contribution is -0.138. The number of nitrogens with one attached hydrogen (secondary N) is 2. The first kappa shape index (κ1) is 14.6. The molecule has 0 bridgehead atoms. The fourth-order valence-electron chi connectivity index (χ4n) is 2.96. The second-order valence-corrected chi connectivity index (χ2v) is 5.58. The number of aliphatic carboxylic acids is 1. The van der Waals surface area contributed by atoms with Crippen LogP contribution in [0.1, 0.15) is 38.5 Å². The van der Waals surface area contributed by atoms with Crippen molar-refractivity contribution >= 4 is 17.9 Å². The Labute approximate surface area is 117 Å². The third kappa shape index (κ3) is 3.61. The van der Waals surface area contributed by atoms with E-state index in [2.05, 4.69) is 10.6 Å². The summed E-state index contributed by atoms with van der Waals surface area (Å²) in [5, 5.41) is 14.6. The van der Waals surface area contributed by atoms with Crippen LogP contribution in [0.4, 0.5) is 4.79 Å². The van der Waals surface area contributed by atoms with Crippen LogP contribution in [0.15, 0.2) is 0 Å². The topological polar surface area (TPSA) is 98.7 Å². The van der Waals surface area contributed by atoms with Gasteiger partial charge in [0.2, 0.25) is 5.91 Å². The molecule has 7 nitrogen and oxygen atoms in total. The largest absolute Gasteiger partial charge is 0.481 e. The molecule has 0 aromatic carbocycles. The van der Waals surface area contributed by atoms with Gasteiger partial charge in [-0.1, -0.05) is 12.8 Å². The summed E-state index contributed by atoms with van der Waals surface area (Å²) in [5.74, 6) is -0.943. The fraction of sp³-hybridized carbons (Fsp3) is 0.769. The molecule has 0 radical (unpaired) electrons. The van der Waals surface area contributed by atoms with Crippen molar-refractivity contribution in [3.63, 3.8) is 0 Å². The van der Waals surface area contributed by atoms with E-state index in [4.69, 9.17) is 5.11 Å². The summed E-state index contributed by atoms with van der Waals surface area (Å²) in [4.78, 5) is 36.1. The van der Waals surface area contributed by atoms with Crippen LogP contribution in [-0.2, 0) is 9.59 Å². The lowest BCUT2D eigenvalue weighted by atomic mass is 9.93. The number of nitrogens with zero attached hydrogens (tertiary/aromatic N) is 1. The van der Waals surface area contributed by atoms with E-state index in [9.17, 15) is 14.4 Å². The Morgan fingerprint density at radius 2 is 2.00 bits per heavy atom. The summed E-state index contributed by atoms with van der Waals surface area (Å²) < 4.78 is 0. The Kier molecular flexibility index (Phi) is 4.46. The third-order valence-electron chi connectivity index (χ3n) is 4.02. The van der Waals surface area contributed by atoms with Crippen LogP contribution >= 0.6 is 0 Å². The molecule has 2 aliphatic rings. The Morgan fingerprint density at radius 3 is 2.65 bits per heavy atom. The molecule has 0 unspecified atom stereocenters. The van der Waals surface area contributed by atoms with Crippen LogP contribution in [0.3, 0.4) is 0 Å². The van der Waals surface area contributed by atoms with E-state index < -0.39 is 11.5 Å². The van der Waals surface area contributed by atoms with Crippen molar-refractivity contribution in [2.75, 3.05) is 19.6 Å². The second kappa shape index (κ2) is 6.11. The highest BCUT2D eigenvalue weighted by molar-refractivity contribution is 5.80. The monoisotopic (exact) mass is 283 g/mol. The number of carbonyl (C=O) groups is 3. The molecule has 2 rings (SSSR count). The molecule has 0 spiro atoms. The molecule has 1 saturated heterocycles. The summed E-state index contributed by atoms with van der Waals surface area (Å²) in [6.45, 7) is 1.28. The molecular formula is C13H21N3O4. The van der Waals surface area contributed by atoms with E-state index in [0.717, 1.165) is 12.8 Å². The molecule has 7 heteroatoms. The molecule has 2 fully saturated rings. The van der Waals surface area contributed by atoms with Crippen molar-refractivity contribution in [1.29, 1.82) is 0 Å². The molecule has 3 N–H and O–H groups in total. The highest BCUT2D eigenvalue weighted by atomic mass is 16.4. The zero-order chi connectivity index (χ0) is 14.6. The highest BCUT2D eigenvalue weighted by Crippen LogP contribution is 2.32. The van der Waals surface area contributed by atoms with Crippen LogP contribution in [0, 0.1) is 0 Å². The normalized spacial score (nSPS) is 22.0. The minimum atomic E-state index is -0.889. The third-order valence-corrected chi connectivity index (χ3v) is 4.02. The molecule has 3 amide bonds. The number of hydrogen-bond donors (Lipinski definition) is 3. The standard InChI is InChI=1S/C13H21N3O4/c17-10-3-7-16(8-6-14-10)12(20)15-13(9-11(18)19)4-1-2-5-13/h1-9H2,(H,14,17)(H,15,20)(H,18,19). The molecule has 112 valence electrons. The van der Waals surface area contributed by atoms with Gasteiger partial charge in [-0.15, -0.1) is 0 Å². The van der Waals surface area contributed by atoms with Gasteiger partial charge in [0.15, 0.2) is 0 Å². The number of carbonyl (C=O) groups excluding carboxylic acids is 2. The molecule has 0 aromatic rings. The molecule has 1 aliphatic carbocycles. The SMILES string of the molecule is O=C(O)CC1(NC(=O)N2CCNC(=O)CC2)CCCC1. The van der Waals surface area contributed by atoms with Crippen molar-refractivity contribution in [2.24, 2.45) is 0 Å². The first-order chi connectivity index (χ1) is 9.51. The number of amides is 3. The summed E-state index contributed by atoms with van der Waals surface area (Å²) >= 11 is 0. The molecular weight excluding hydrogens is 262 g/mol. The van der Waals surface area contributed by atoms with E-state index in [1.165, 1.54) is 0 Å². The zero-order valence-electron chi connectivity index (χ0n) is 11.5. The van der Waals surface area contributed by atoms with E-state index >= 15 is 0 Å². The average Bonchev–Trinajstić information content (AvgIpc) is 2.68. The van der Waals surface area contributed by atoms with Crippen LogP contribution in [0.5, 0.6) is 0 Å². The second-order valence-electron chi connectivity index (χ2n) is 5.58. The summed E-state index contributed by atoms with van der Waals surface area (Å²) in [6, 6.07) is -0.260. The van der Waals surface area contributed by atoms with Crippen LogP contribution in [0.2, 0.25) is 0 Å². The van der Waals surface area contributed by atoms with Gasteiger partial charge in [0.1, 0.15) is 0 Å². The predicted molar refractivity (Wildman–Crippen MR) is 71.2 cm³/mol. The number of hydrogen-bond acceptors (Lipinski definition) is 3. The highest BCUT2D eigenvalue weighted by Gasteiger charge is 2.38. The van der Waals surface area contributed by atoms with Gasteiger partial charge in [-0.3, -0.25) is 9.59 Å². The lowest BCUT2D eigenvalue weighted by Gasteiger charge is -2.32. The van der Waals surface area contributed by atoms with Crippen LogP contribution in [0.25, 0.3) is 0 Å². The summed E-state index contributed by atoms with van der Waals surface area (Å²) in [6.07, 6.45) is 3.54. The maximum absolute atomic E-state index is 12.3. The zero-order valence-corrected chi connectivity index (χ0v) is 11.5. The molecule has 0 aromatic heterocycles. The van der Waals surface area contributed by atoms with Crippen molar-refractivity contribution in [1.82, 2.24) is 15.5 Å². The number of carboxylic acids is 1. The lowest BCUT2D eigenvalue weighted by Crippen LogP contribution is -2.53. The molecule has 1 saturated carbocycles. The first-order valence-corrected chi connectivity index (χ1v) is 7.06. The van der Waals surface area contributed by atoms with E-state index in [-0.39, 0.29) is 18.4 Å². The predicted octanol–water partition coefficient (Wildman–Crippen LogP) is 0.305. The quantitative estimate of drug-likeness (QED) is 0.694. The van der Waals surface area contributed by atoms with Crippen molar-refractivity contribution in [2.45, 2.75) is 44.1 Å². The van der Waals surface area contributed by atoms with Gasteiger partial charge in [0, 0.05) is 26.1 Å². The van der Waals surface area contributed by atoms with E-state index in [1.807, 2.05) is 0 Å². The van der Waals surface area contributed by atoms with Gasteiger partial charge in [-0.2, -0.15) is 0 Å². The van der Waals surface area contributed by atoms with Crippen LogP contribution in [-0.4, -0.2) is 53.1 Å². The first-order valence-electron chi connectivity index (χ1n) is 7.06. The Morgan fingerprint density at radius 1 is 1.30 bits per heavy atom. The maximum atomic E-state index is 12.3. The smallest absolute Gasteiger partial charge is 0.317 e. The molecule has 1 aliphatic heterocycles. The Bertz CT molecular complexity index is 404. The minimum absolute atomic E-state index is 0.0379. The fourth-order valence-corrected chi connectivity index (χ4v) is 2.96. The van der Waals surface area contributed by atoms with Gasteiger partial charge in [0.05, 0.1) is 12.0 Å². The van der Waals surface area contributed by atoms with Crippen molar-refractivity contribution in [3.8, 4) is 0 Å². The van der Waals surface area contributed by atoms with Gasteiger partial charge in [0.25, 0.3) is 0 Å². The van der Waals surface area contributed by atoms with Gasteiger partial charge in [-0.25, -0.2) is 4.79 Å². The van der Waals surface area contributed by atoms with Crippen LogP contribution < -0.4 is 10.6 Å². The molecule has 0 atom stereocenters. The maximum Gasteiger partial charge on any atom is 0.317 e. The van der Waals surface area contributed by atoms with Gasteiger partial charge < -0.3 is 20.6 Å². The van der Waals surface area contributed by atoms with Crippen molar-refractivity contribution in [3.05, 3.63) is 0 Å². The number of urea groups is 1. The number of rotatable bonds is 3. The van der Waals surface area contributed by atoms with Gasteiger partial charge >= 0.3 is 12.0 Å². The molecule has 20 heavy (non-hydrogen) atoms. The van der Waals surface area contributed by atoms with E-state index in [1.54, 1.807) is 4.90 Å². The Hall–Kier alpha value is -1.79. The molecule has 1 heterocycles. The van der Waals surface area contributed by atoms with Crippen molar-refractivity contribution < 1.29 is 19.5 Å². The van der Waals surface area contributed by atoms with E-state index in [0.29, 0.717) is 38.9 Å². The summed E-state index contributed by atoms with van der Waals surface area (Å²) in [5.41, 5.74) is -0.618. The Balaban J connectivity index is 1.97. The summed E-state index contributed by atoms with van der Waals surface area (Å²) in [7, 11) is 0. The van der Waals surface area contributed by atoms with Gasteiger partial charge in [-0.05, 0) is 12.8 Å². The average molecular weight is 283 g/mol.